The Morgan fingerprint density at radius 3 is 2.47 bits per heavy atom. The number of hydrogen-bond acceptors (Lipinski definition) is 5. The summed E-state index contributed by atoms with van der Waals surface area (Å²) in [6.07, 6.45) is 0. The van der Waals surface area contributed by atoms with E-state index >= 15 is 0 Å². The maximum atomic E-state index is 12.9. The van der Waals surface area contributed by atoms with E-state index in [0.29, 0.717) is 28.4 Å². The van der Waals surface area contributed by atoms with Crippen LogP contribution in [0, 0.1) is 0 Å². The van der Waals surface area contributed by atoms with Crippen LogP contribution in [0.3, 0.4) is 0 Å². The molecule has 32 heavy (non-hydrogen) atoms. The van der Waals surface area contributed by atoms with Crippen molar-refractivity contribution in [3.63, 3.8) is 0 Å². The van der Waals surface area contributed by atoms with Gasteiger partial charge in [-0.05, 0) is 43.8 Å². The fraction of sp³-hybridized carbons (Fsp3) is 0.200. The van der Waals surface area contributed by atoms with Gasteiger partial charge in [-0.1, -0.05) is 42.5 Å². The molecule has 164 valence electrons. The molecule has 0 saturated heterocycles. The summed E-state index contributed by atoms with van der Waals surface area (Å²) in [5.74, 6) is 0.703. The first-order valence-corrected chi connectivity index (χ1v) is 10.4. The van der Waals surface area contributed by atoms with Gasteiger partial charge in [0.15, 0.2) is 11.5 Å². The number of anilines is 2. The molecule has 7 heteroatoms. The molecule has 1 aliphatic heterocycles. The largest absolute Gasteiger partial charge is 0.454 e. The Morgan fingerprint density at radius 1 is 0.938 bits per heavy atom. The summed E-state index contributed by atoms with van der Waals surface area (Å²) in [4.78, 5) is 27.6. The van der Waals surface area contributed by atoms with Crippen molar-refractivity contribution in [3.05, 3.63) is 83.9 Å². The van der Waals surface area contributed by atoms with Gasteiger partial charge in [-0.2, -0.15) is 0 Å². The molecule has 1 heterocycles. The zero-order valence-electron chi connectivity index (χ0n) is 18.0. The first-order chi connectivity index (χ1) is 15.5. The van der Waals surface area contributed by atoms with Gasteiger partial charge in [-0.25, -0.2) is 0 Å². The topological polar surface area (TPSA) is 79.9 Å². The minimum absolute atomic E-state index is 0.0755. The molecule has 0 saturated carbocycles. The third-order valence-electron chi connectivity index (χ3n) is 5.41. The highest BCUT2D eigenvalue weighted by atomic mass is 16.7. The van der Waals surface area contributed by atoms with Crippen molar-refractivity contribution < 1.29 is 19.1 Å². The van der Waals surface area contributed by atoms with Crippen LogP contribution in [0.1, 0.15) is 28.9 Å². The molecule has 0 radical (unpaired) electrons. The summed E-state index contributed by atoms with van der Waals surface area (Å²) in [7, 11) is 1.90. The van der Waals surface area contributed by atoms with Crippen LogP contribution in [0.4, 0.5) is 11.4 Å². The number of rotatable bonds is 7. The predicted octanol–water partition coefficient (Wildman–Crippen LogP) is 4.30. The number of amides is 2. The standard InChI is InChI=1S/C25H25N3O4/c1-17(18-8-4-3-5-9-18)28(2)15-24(29)27-21-11-7-6-10-20(21)25(30)26-19-12-13-22-23(14-19)32-16-31-22/h3-14,17H,15-16H2,1-2H3,(H,26,30)(H,27,29)/t17-/m1/s1. The first kappa shape index (κ1) is 21.4. The average Bonchev–Trinajstić information content (AvgIpc) is 3.27. The number of carbonyl (C=O) groups is 2. The summed E-state index contributed by atoms with van der Waals surface area (Å²) in [5, 5.41) is 5.72. The van der Waals surface area contributed by atoms with E-state index in [1.165, 1.54) is 0 Å². The minimum Gasteiger partial charge on any atom is -0.454 e. The molecular weight excluding hydrogens is 406 g/mol. The molecule has 1 aliphatic rings. The Hall–Kier alpha value is -3.84. The first-order valence-electron chi connectivity index (χ1n) is 10.4. The second kappa shape index (κ2) is 9.53. The Morgan fingerprint density at radius 2 is 1.66 bits per heavy atom. The van der Waals surface area contributed by atoms with Crippen molar-refractivity contribution in [2.24, 2.45) is 0 Å². The molecule has 3 aromatic carbocycles. The van der Waals surface area contributed by atoms with E-state index in [4.69, 9.17) is 9.47 Å². The van der Waals surface area contributed by atoms with Gasteiger partial charge in [0.05, 0.1) is 17.8 Å². The number of hydrogen-bond donors (Lipinski definition) is 2. The molecule has 2 N–H and O–H groups in total. The van der Waals surface area contributed by atoms with Gasteiger partial charge in [0.2, 0.25) is 12.7 Å². The van der Waals surface area contributed by atoms with Gasteiger partial charge in [-0.3, -0.25) is 14.5 Å². The molecular formula is C25H25N3O4. The van der Waals surface area contributed by atoms with Crippen LogP contribution < -0.4 is 20.1 Å². The Labute approximate surface area is 187 Å². The summed E-state index contributed by atoms with van der Waals surface area (Å²) in [5.41, 5.74) is 2.54. The summed E-state index contributed by atoms with van der Waals surface area (Å²) in [6, 6.07) is 22.2. The molecule has 0 unspecified atom stereocenters. The lowest BCUT2D eigenvalue weighted by Gasteiger charge is -2.24. The molecule has 0 spiro atoms. The fourth-order valence-corrected chi connectivity index (χ4v) is 3.50. The zero-order chi connectivity index (χ0) is 22.5. The number of carbonyl (C=O) groups excluding carboxylic acids is 2. The highest BCUT2D eigenvalue weighted by molar-refractivity contribution is 6.10. The quantitative estimate of drug-likeness (QED) is 0.583. The van der Waals surface area contributed by atoms with E-state index in [-0.39, 0.29) is 31.2 Å². The molecule has 0 aromatic heterocycles. The smallest absolute Gasteiger partial charge is 0.257 e. The van der Waals surface area contributed by atoms with E-state index in [9.17, 15) is 9.59 Å². The van der Waals surface area contributed by atoms with Crippen LogP contribution >= 0.6 is 0 Å². The summed E-state index contributed by atoms with van der Waals surface area (Å²) < 4.78 is 10.7. The van der Waals surface area contributed by atoms with Gasteiger partial charge in [0, 0.05) is 17.8 Å². The lowest BCUT2D eigenvalue weighted by molar-refractivity contribution is -0.117. The summed E-state index contributed by atoms with van der Waals surface area (Å²) >= 11 is 0. The number of nitrogens with one attached hydrogen (secondary N) is 2. The van der Waals surface area contributed by atoms with E-state index in [1.54, 1.807) is 42.5 Å². The van der Waals surface area contributed by atoms with Crippen LogP contribution in [0.15, 0.2) is 72.8 Å². The molecule has 0 fully saturated rings. The molecule has 7 nitrogen and oxygen atoms in total. The van der Waals surface area contributed by atoms with E-state index < -0.39 is 0 Å². The number of likely N-dealkylation sites (N-methyl/N-ethyl adjacent to an activating group) is 1. The van der Waals surface area contributed by atoms with Gasteiger partial charge >= 0.3 is 0 Å². The van der Waals surface area contributed by atoms with Crippen molar-refractivity contribution in [1.29, 1.82) is 0 Å². The normalized spacial score (nSPS) is 13.0. The minimum atomic E-state index is -0.328. The van der Waals surface area contributed by atoms with Gasteiger partial charge in [0.1, 0.15) is 0 Å². The lowest BCUT2D eigenvalue weighted by Crippen LogP contribution is -2.32. The van der Waals surface area contributed by atoms with Crippen molar-refractivity contribution >= 4 is 23.2 Å². The fourth-order valence-electron chi connectivity index (χ4n) is 3.50. The Kier molecular flexibility index (Phi) is 6.37. The van der Waals surface area contributed by atoms with Gasteiger partial charge in [-0.15, -0.1) is 0 Å². The van der Waals surface area contributed by atoms with E-state index in [2.05, 4.69) is 17.6 Å². The van der Waals surface area contributed by atoms with Crippen LogP contribution in [0.5, 0.6) is 11.5 Å². The maximum absolute atomic E-state index is 12.9. The summed E-state index contributed by atoms with van der Waals surface area (Å²) in [6.45, 7) is 2.41. The van der Waals surface area contributed by atoms with Crippen molar-refractivity contribution in [1.82, 2.24) is 4.90 Å². The third-order valence-corrected chi connectivity index (χ3v) is 5.41. The van der Waals surface area contributed by atoms with Crippen molar-refractivity contribution in [3.8, 4) is 11.5 Å². The highest BCUT2D eigenvalue weighted by Crippen LogP contribution is 2.34. The maximum Gasteiger partial charge on any atom is 0.257 e. The molecule has 2 amide bonds. The number of benzene rings is 3. The second-order valence-corrected chi connectivity index (χ2v) is 7.62. The second-order valence-electron chi connectivity index (χ2n) is 7.62. The van der Waals surface area contributed by atoms with E-state index in [0.717, 1.165) is 5.56 Å². The Bertz CT molecular complexity index is 1120. The highest BCUT2D eigenvalue weighted by Gasteiger charge is 2.19. The monoisotopic (exact) mass is 431 g/mol. The van der Waals surface area contributed by atoms with Gasteiger partial charge in [0.25, 0.3) is 5.91 Å². The Balaban J connectivity index is 1.41. The zero-order valence-corrected chi connectivity index (χ0v) is 18.0. The third kappa shape index (κ3) is 4.90. The van der Waals surface area contributed by atoms with Gasteiger partial charge < -0.3 is 20.1 Å². The van der Waals surface area contributed by atoms with Crippen LogP contribution in [-0.2, 0) is 4.79 Å². The molecule has 4 rings (SSSR count). The number of para-hydroxylation sites is 1. The molecule has 1 atom stereocenters. The van der Waals surface area contributed by atoms with Crippen molar-refractivity contribution in [2.45, 2.75) is 13.0 Å². The van der Waals surface area contributed by atoms with Crippen molar-refractivity contribution in [2.75, 3.05) is 31.0 Å². The number of nitrogens with zero attached hydrogens (tertiary/aromatic N) is 1. The average molecular weight is 431 g/mol. The predicted molar refractivity (Wildman–Crippen MR) is 123 cm³/mol. The van der Waals surface area contributed by atoms with Crippen LogP contribution in [-0.4, -0.2) is 37.1 Å². The molecule has 0 bridgehead atoms. The van der Waals surface area contributed by atoms with Crippen LogP contribution in [0.25, 0.3) is 0 Å². The van der Waals surface area contributed by atoms with E-state index in [1.807, 2.05) is 42.3 Å². The lowest BCUT2D eigenvalue weighted by atomic mass is 10.1. The van der Waals surface area contributed by atoms with Crippen LogP contribution in [0.2, 0.25) is 0 Å². The number of ether oxygens (including phenoxy) is 2. The molecule has 3 aromatic rings. The number of fused-ring (bicyclic) bond motifs is 1. The molecule has 0 aliphatic carbocycles. The SMILES string of the molecule is C[C@H](c1ccccc1)N(C)CC(=O)Nc1ccccc1C(=O)Nc1ccc2c(c1)OCO2.